The van der Waals surface area contributed by atoms with E-state index < -0.39 is 0 Å². The van der Waals surface area contributed by atoms with Gasteiger partial charge in [-0.3, -0.25) is 0 Å². The minimum Gasteiger partial charge on any atom is -0.378 e. The normalized spacial score (nSPS) is 23.6. The van der Waals surface area contributed by atoms with E-state index in [9.17, 15) is 0 Å². The van der Waals surface area contributed by atoms with Gasteiger partial charge in [-0.05, 0) is 33.1 Å². The Kier molecular flexibility index (Phi) is 2.30. The second-order valence-electron chi connectivity index (χ2n) is 4.82. The molecule has 1 aromatic heterocycles. The van der Waals surface area contributed by atoms with Gasteiger partial charge >= 0.3 is 0 Å². The first-order valence-corrected chi connectivity index (χ1v) is 6.39. The molecule has 3 heterocycles. The number of rotatable bonds is 1. The van der Waals surface area contributed by atoms with Gasteiger partial charge in [0.1, 0.15) is 5.69 Å². The number of aryl methyl sites for hydroxylation is 2. The fraction of sp³-hybridized carbons (Fsp3) is 0.750. The molecule has 1 N–H and O–H groups in total. The van der Waals surface area contributed by atoms with Crippen LogP contribution in [0, 0.1) is 6.92 Å². The van der Waals surface area contributed by atoms with Crippen LogP contribution in [-0.4, -0.2) is 28.9 Å². The Morgan fingerprint density at radius 1 is 1.44 bits per heavy atom. The standard InChI is InChI=1S/C12H20N4/c1-3-16-12-11(9(2)14-16)13-8-10-6-4-5-7-15(10)12/h10,13H,3-8H2,1-2H3. The molecule has 2 aliphatic heterocycles. The summed E-state index contributed by atoms with van der Waals surface area (Å²) in [6, 6.07) is 0.683. The highest BCUT2D eigenvalue weighted by atomic mass is 15.4. The topological polar surface area (TPSA) is 33.1 Å². The number of piperidine rings is 1. The Labute approximate surface area is 96.6 Å². The third-order valence-corrected chi connectivity index (χ3v) is 3.81. The highest BCUT2D eigenvalue weighted by molar-refractivity contribution is 5.72. The van der Waals surface area contributed by atoms with Crippen molar-refractivity contribution in [2.24, 2.45) is 0 Å². The number of nitrogens with zero attached hydrogens (tertiary/aromatic N) is 3. The first kappa shape index (κ1) is 10.00. The summed E-state index contributed by atoms with van der Waals surface area (Å²) in [6.07, 6.45) is 4.02. The Morgan fingerprint density at radius 2 is 2.31 bits per heavy atom. The van der Waals surface area contributed by atoms with E-state index in [0.29, 0.717) is 6.04 Å². The van der Waals surface area contributed by atoms with Crippen LogP contribution in [0.3, 0.4) is 0 Å². The number of hydrogen-bond acceptors (Lipinski definition) is 3. The van der Waals surface area contributed by atoms with Crippen LogP contribution in [0.4, 0.5) is 11.5 Å². The summed E-state index contributed by atoms with van der Waals surface area (Å²) in [5.74, 6) is 1.33. The first-order valence-electron chi connectivity index (χ1n) is 6.39. The highest BCUT2D eigenvalue weighted by Gasteiger charge is 2.32. The lowest BCUT2D eigenvalue weighted by atomic mass is 10.00. The number of aromatic nitrogens is 2. The van der Waals surface area contributed by atoms with Crippen LogP contribution in [0.1, 0.15) is 31.9 Å². The van der Waals surface area contributed by atoms with Crippen molar-refractivity contribution in [3.8, 4) is 0 Å². The van der Waals surface area contributed by atoms with Gasteiger partial charge in [-0.1, -0.05) is 0 Å². The summed E-state index contributed by atoms with van der Waals surface area (Å²) in [5, 5.41) is 8.17. The van der Waals surface area contributed by atoms with E-state index in [1.54, 1.807) is 0 Å². The van der Waals surface area contributed by atoms with Crippen LogP contribution in [-0.2, 0) is 6.54 Å². The lowest BCUT2D eigenvalue weighted by molar-refractivity contribution is 0.452. The summed E-state index contributed by atoms with van der Waals surface area (Å²) in [4.78, 5) is 2.57. The molecule has 1 unspecified atom stereocenters. The minimum atomic E-state index is 0.683. The van der Waals surface area contributed by atoms with Crippen LogP contribution in [0.25, 0.3) is 0 Å². The van der Waals surface area contributed by atoms with Crippen molar-refractivity contribution in [2.45, 2.75) is 45.7 Å². The molecule has 0 bridgehead atoms. The molecule has 4 heteroatoms. The first-order chi connectivity index (χ1) is 7.81. The van der Waals surface area contributed by atoms with E-state index >= 15 is 0 Å². The molecule has 0 aliphatic carbocycles. The molecule has 4 nitrogen and oxygen atoms in total. The third-order valence-electron chi connectivity index (χ3n) is 3.81. The van der Waals surface area contributed by atoms with Gasteiger partial charge in [-0.25, -0.2) is 4.68 Å². The average molecular weight is 220 g/mol. The van der Waals surface area contributed by atoms with E-state index in [1.165, 1.54) is 37.3 Å². The van der Waals surface area contributed by atoms with Crippen molar-refractivity contribution < 1.29 is 0 Å². The van der Waals surface area contributed by atoms with Crippen LogP contribution in [0.2, 0.25) is 0 Å². The van der Waals surface area contributed by atoms with Gasteiger partial charge in [0, 0.05) is 25.7 Å². The van der Waals surface area contributed by atoms with E-state index in [4.69, 9.17) is 0 Å². The smallest absolute Gasteiger partial charge is 0.151 e. The summed E-state index contributed by atoms with van der Waals surface area (Å²) in [7, 11) is 0. The molecule has 3 rings (SSSR count). The van der Waals surface area contributed by atoms with Crippen LogP contribution in [0.5, 0.6) is 0 Å². The van der Waals surface area contributed by atoms with E-state index in [0.717, 1.165) is 18.8 Å². The molecule has 1 atom stereocenters. The summed E-state index contributed by atoms with van der Waals surface area (Å²) < 4.78 is 2.15. The third kappa shape index (κ3) is 1.32. The van der Waals surface area contributed by atoms with E-state index in [2.05, 4.69) is 33.8 Å². The Balaban J connectivity index is 2.05. The molecule has 0 spiro atoms. The van der Waals surface area contributed by atoms with Gasteiger partial charge in [0.15, 0.2) is 5.82 Å². The number of hydrogen-bond donors (Lipinski definition) is 1. The molecule has 0 saturated carbocycles. The molecule has 2 aliphatic rings. The predicted molar refractivity (Wildman–Crippen MR) is 66.1 cm³/mol. The molecular formula is C12H20N4. The average Bonchev–Trinajstić information content (AvgIpc) is 2.66. The van der Waals surface area contributed by atoms with Crippen molar-refractivity contribution in [2.75, 3.05) is 23.3 Å². The molecule has 0 aromatic carbocycles. The molecule has 16 heavy (non-hydrogen) atoms. The largest absolute Gasteiger partial charge is 0.378 e. The van der Waals surface area contributed by atoms with Gasteiger partial charge in [-0.15, -0.1) is 0 Å². The summed E-state index contributed by atoms with van der Waals surface area (Å²) >= 11 is 0. The monoisotopic (exact) mass is 220 g/mol. The zero-order valence-corrected chi connectivity index (χ0v) is 10.2. The SMILES string of the molecule is CCn1nc(C)c2c1N1CCCCC1CN2. The van der Waals surface area contributed by atoms with Crippen molar-refractivity contribution >= 4 is 11.5 Å². The fourth-order valence-electron chi connectivity index (χ4n) is 3.00. The Hall–Kier alpha value is -1.19. The summed E-state index contributed by atoms with van der Waals surface area (Å²) in [6.45, 7) is 7.51. The van der Waals surface area contributed by atoms with Crippen molar-refractivity contribution in [3.63, 3.8) is 0 Å². The van der Waals surface area contributed by atoms with Gasteiger partial charge in [-0.2, -0.15) is 5.10 Å². The maximum absolute atomic E-state index is 4.61. The lowest BCUT2D eigenvalue weighted by Gasteiger charge is -2.41. The lowest BCUT2D eigenvalue weighted by Crippen LogP contribution is -2.47. The van der Waals surface area contributed by atoms with Crippen molar-refractivity contribution in [1.82, 2.24) is 9.78 Å². The molecule has 1 saturated heterocycles. The highest BCUT2D eigenvalue weighted by Crippen LogP contribution is 2.37. The maximum Gasteiger partial charge on any atom is 0.151 e. The fourth-order valence-corrected chi connectivity index (χ4v) is 3.00. The molecule has 1 fully saturated rings. The maximum atomic E-state index is 4.61. The second kappa shape index (κ2) is 3.68. The number of nitrogens with one attached hydrogen (secondary N) is 1. The minimum absolute atomic E-state index is 0.683. The Morgan fingerprint density at radius 3 is 3.12 bits per heavy atom. The van der Waals surface area contributed by atoms with E-state index in [1.807, 2.05) is 0 Å². The number of fused-ring (bicyclic) bond motifs is 3. The van der Waals surface area contributed by atoms with Gasteiger partial charge in [0.25, 0.3) is 0 Å². The quantitative estimate of drug-likeness (QED) is 0.785. The molecule has 0 radical (unpaired) electrons. The zero-order valence-electron chi connectivity index (χ0n) is 10.2. The van der Waals surface area contributed by atoms with Crippen LogP contribution >= 0.6 is 0 Å². The van der Waals surface area contributed by atoms with Crippen molar-refractivity contribution in [1.29, 1.82) is 0 Å². The molecule has 88 valence electrons. The summed E-state index contributed by atoms with van der Waals surface area (Å²) in [5.41, 5.74) is 2.40. The number of anilines is 2. The van der Waals surface area contributed by atoms with Gasteiger partial charge in [0.05, 0.1) is 5.69 Å². The molecular weight excluding hydrogens is 200 g/mol. The second-order valence-corrected chi connectivity index (χ2v) is 4.82. The van der Waals surface area contributed by atoms with Gasteiger partial charge < -0.3 is 10.2 Å². The Bertz CT molecular complexity index is 396. The van der Waals surface area contributed by atoms with Crippen LogP contribution < -0.4 is 10.2 Å². The molecule has 0 amide bonds. The van der Waals surface area contributed by atoms with Crippen LogP contribution in [0.15, 0.2) is 0 Å². The van der Waals surface area contributed by atoms with E-state index in [-0.39, 0.29) is 0 Å². The van der Waals surface area contributed by atoms with Crippen molar-refractivity contribution in [3.05, 3.63) is 5.69 Å². The van der Waals surface area contributed by atoms with Gasteiger partial charge in [0.2, 0.25) is 0 Å². The zero-order chi connectivity index (χ0) is 11.1. The predicted octanol–water partition coefficient (Wildman–Crippen LogP) is 2.00. The molecule has 1 aromatic rings.